The summed E-state index contributed by atoms with van der Waals surface area (Å²) < 4.78 is 29.0. The third-order valence-corrected chi connectivity index (χ3v) is 7.36. The molecule has 4 aromatic rings. The monoisotopic (exact) mass is 410 g/mol. The van der Waals surface area contributed by atoms with E-state index in [0.717, 1.165) is 31.3 Å². The minimum atomic E-state index is -3.88. The number of nitrogens with one attached hydrogen (secondary N) is 1. The smallest absolute Gasteiger partial charge is 0.226 e. The van der Waals surface area contributed by atoms with E-state index in [9.17, 15) is 8.42 Å². The van der Waals surface area contributed by atoms with Gasteiger partial charge in [0, 0.05) is 24.7 Å². The van der Waals surface area contributed by atoms with Gasteiger partial charge in [-0.1, -0.05) is 18.2 Å². The normalized spacial score (nSPS) is 15.4. The molecule has 1 aliphatic heterocycles. The summed E-state index contributed by atoms with van der Waals surface area (Å²) in [7, 11) is -3.88. The number of nitrogen functional groups attached to an aromatic ring is 1. The van der Waals surface area contributed by atoms with Crippen LogP contribution in [0.4, 0.5) is 5.95 Å². The van der Waals surface area contributed by atoms with Gasteiger partial charge >= 0.3 is 0 Å². The van der Waals surface area contributed by atoms with Crippen LogP contribution in [-0.2, 0) is 9.84 Å². The van der Waals surface area contributed by atoms with Crippen molar-refractivity contribution in [1.29, 1.82) is 0 Å². The van der Waals surface area contributed by atoms with Crippen LogP contribution in [0.15, 0.2) is 46.5 Å². The van der Waals surface area contributed by atoms with Crippen LogP contribution in [0.5, 0.6) is 0 Å². The van der Waals surface area contributed by atoms with Crippen molar-refractivity contribution in [3.05, 3.63) is 42.1 Å². The first-order valence-electron chi connectivity index (χ1n) is 9.69. The molecule has 1 saturated heterocycles. The van der Waals surface area contributed by atoms with E-state index in [4.69, 9.17) is 5.73 Å². The Morgan fingerprint density at radius 2 is 1.83 bits per heavy atom. The highest BCUT2D eigenvalue weighted by Gasteiger charge is 2.30. The van der Waals surface area contributed by atoms with Gasteiger partial charge in [-0.25, -0.2) is 23.1 Å². The predicted octanol–water partition coefficient (Wildman–Crippen LogP) is 2.76. The molecule has 3 N–H and O–H groups in total. The number of benzene rings is 1. The molecule has 5 rings (SSSR count). The van der Waals surface area contributed by atoms with Crippen molar-refractivity contribution >= 4 is 37.9 Å². The number of aryl methyl sites for hydroxylation is 1. The first-order valence-corrected chi connectivity index (χ1v) is 11.2. The van der Waals surface area contributed by atoms with Gasteiger partial charge in [-0.05, 0) is 43.9 Å². The Kier molecular flexibility index (Phi) is 4.02. The van der Waals surface area contributed by atoms with Crippen molar-refractivity contribution in [2.75, 3.05) is 23.8 Å². The highest BCUT2D eigenvalue weighted by atomic mass is 32.2. The number of piperidine rings is 1. The fourth-order valence-electron chi connectivity index (χ4n) is 4.13. The Labute approximate surface area is 168 Å². The SMILES string of the molecule is Cc1ccccc1S(=O)(=O)c1nc2[nH]ccc2c2c1nc(N)n2N1CCCCC1. The number of rotatable bonds is 3. The molecule has 1 aromatic carbocycles. The van der Waals surface area contributed by atoms with E-state index in [1.165, 1.54) is 6.42 Å². The average molecular weight is 411 g/mol. The van der Waals surface area contributed by atoms with Crippen molar-refractivity contribution in [3.63, 3.8) is 0 Å². The molecule has 0 saturated carbocycles. The molecule has 1 aliphatic rings. The summed E-state index contributed by atoms with van der Waals surface area (Å²) in [6.07, 6.45) is 5.06. The lowest BCUT2D eigenvalue weighted by Crippen LogP contribution is -2.39. The molecule has 0 bridgehead atoms. The van der Waals surface area contributed by atoms with Gasteiger partial charge in [0.1, 0.15) is 16.7 Å². The van der Waals surface area contributed by atoms with Gasteiger partial charge in [0.2, 0.25) is 15.8 Å². The zero-order valence-corrected chi connectivity index (χ0v) is 16.9. The van der Waals surface area contributed by atoms with Crippen molar-refractivity contribution in [3.8, 4) is 0 Å². The maximum absolute atomic E-state index is 13.6. The van der Waals surface area contributed by atoms with Crippen LogP contribution in [-0.4, -0.2) is 41.1 Å². The van der Waals surface area contributed by atoms with Crippen LogP contribution in [0.3, 0.4) is 0 Å². The van der Waals surface area contributed by atoms with Gasteiger partial charge in [-0.3, -0.25) is 0 Å². The van der Waals surface area contributed by atoms with Crippen molar-refractivity contribution in [2.45, 2.75) is 36.1 Å². The van der Waals surface area contributed by atoms with Gasteiger partial charge in [-0.2, -0.15) is 0 Å². The highest BCUT2D eigenvalue weighted by Crippen LogP contribution is 2.34. The zero-order valence-electron chi connectivity index (χ0n) is 16.1. The van der Waals surface area contributed by atoms with Gasteiger partial charge in [0.25, 0.3) is 0 Å². The third-order valence-electron chi connectivity index (χ3n) is 5.53. The second-order valence-electron chi connectivity index (χ2n) is 7.42. The van der Waals surface area contributed by atoms with E-state index in [0.29, 0.717) is 22.2 Å². The number of nitrogens with two attached hydrogens (primary N) is 1. The summed E-state index contributed by atoms with van der Waals surface area (Å²) in [4.78, 5) is 12.2. The van der Waals surface area contributed by atoms with Crippen LogP contribution < -0.4 is 10.7 Å². The maximum atomic E-state index is 13.6. The number of anilines is 1. The fraction of sp³-hybridized carbons (Fsp3) is 0.300. The molecule has 4 heterocycles. The Morgan fingerprint density at radius 3 is 2.59 bits per heavy atom. The number of aromatic amines is 1. The zero-order chi connectivity index (χ0) is 20.2. The molecular weight excluding hydrogens is 388 g/mol. The Morgan fingerprint density at radius 1 is 1.07 bits per heavy atom. The highest BCUT2D eigenvalue weighted by molar-refractivity contribution is 7.91. The maximum Gasteiger partial charge on any atom is 0.226 e. The van der Waals surface area contributed by atoms with Gasteiger partial charge in [0.05, 0.1) is 4.90 Å². The fourth-order valence-corrected chi connectivity index (χ4v) is 5.70. The molecule has 0 unspecified atom stereocenters. The lowest BCUT2D eigenvalue weighted by Gasteiger charge is -2.30. The lowest BCUT2D eigenvalue weighted by atomic mass is 10.2. The molecule has 1 fully saturated rings. The quantitative estimate of drug-likeness (QED) is 0.537. The summed E-state index contributed by atoms with van der Waals surface area (Å²) >= 11 is 0. The summed E-state index contributed by atoms with van der Waals surface area (Å²) in [6, 6.07) is 8.79. The van der Waals surface area contributed by atoms with Gasteiger partial charge in [0.15, 0.2) is 5.03 Å². The van der Waals surface area contributed by atoms with Crippen LogP contribution in [0.2, 0.25) is 0 Å². The van der Waals surface area contributed by atoms with E-state index >= 15 is 0 Å². The van der Waals surface area contributed by atoms with E-state index in [2.05, 4.69) is 20.0 Å². The van der Waals surface area contributed by atoms with Gasteiger partial charge in [-0.15, -0.1) is 0 Å². The molecule has 8 nitrogen and oxygen atoms in total. The number of nitrogens with zero attached hydrogens (tertiary/aromatic N) is 4. The van der Waals surface area contributed by atoms with Crippen LogP contribution in [0, 0.1) is 6.92 Å². The molecular formula is C20H22N6O2S. The molecule has 29 heavy (non-hydrogen) atoms. The van der Waals surface area contributed by atoms with E-state index in [1.807, 2.05) is 16.8 Å². The first-order chi connectivity index (χ1) is 14.0. The number of imidazole rings is 1. The molecule has 0 atom stereocenters. The van der Waals surface area contributed by atoms with Crippen molar-refractivity contribution in [2.24, 2.45) is 0 Å². The summed E-state index contributed by atoms with van der Waals surface area (Å²) in [5, 5.41) is 2.88. The molecule has 150 valence electrons. The second kappa shape index (κ2) is 6.48. The standard InChI is InChI=1S/C20H22N6O2S/c1-13-7-3-4-8-15(13)29(27,28)19-16-17(14-9-10-22-18(14)24-19)26(20(21)23-16)25-11-5-2-6-12-25/h3-4,7-10H,2,5-6,11-12H2,1H3,(H2,21,23)(H,22,24). The number of hydrogen-bond acceptors (Lipinski definition) is 6. The Bertz CT molecular complexity index is 1330. The molecule has 0 radical (unpaired) electrons. The second-order valence-corrected chi connectivity index (χ2v) is 9.25. The Hall–Kier alpha value is -3.07. The number of pyridine rings is 1. The molecule has 3 aromatic heterocycles. The predicted molar refractivity (Wildman–Crippen MR) is 112 cm³/mol. The van der Waals surface area contributed by atoms with Crippen molar-refractivity contribution in [1.82, 2.24) is 19.6 Å². The van der Waals surface area contributed by atoms with Crippen molar-refractivity contribution < 1.29 is 8.42 Å². The lowest BCUT2D eigenvalue weighted by molar-refractivity contribution is 0.489. The van der Waals surface area contributed by atoms with Gasteiger partial charge < -0.3 is 15.7 Å². The number of hydrogen-bond donors (Lipinski definition) is 2. The molecule has 0 aliphatic carbocycles. The van der Waals surface area contributed by atoms with E-state index < -0.39 is 9.84 Å². The van der Waals surface area contributed by atoms with Crippen LogP contribution >= 0.6 is 0 Å². The topological polar surface area (TPSA) is 110 Å². The Balaban J connectivity index is 1.84. The molecule has 0 spiro atoms. The van der Waals surface area contributed by atoms with E-state index in [-0.39, 0.29) is 15.9 Å². The minimum absolute atomic E-state index is 0.0702. The molecule has 0 amide bonds. The van der Waals surface area contributed by atoms with Crippen LogP contribution in [0.1, 0.15) is 24.8 Å². The largest absolute Gasteiger partial charge is 0.368 e. The summed E-state index contributed by atoms with van der Waals surface area (Å²) in [5.74, 6) is 0.277. The van der Waals surface area contributed by atoms with Crippen LogP contribution in [0.25, 0.3) is 22.1 Å². The minimum Gasteiger partial charge on any atom is -0.368 e. The summed E-state index contributed by atoms with van der Waals surface area (Å²) in [6.45, 7) is 3.48. The number of fused-ring (bicyclic) bond motifs is 3. The number of H-pyrrole nitrogens is 1. The average Bonchev–Trinajstić information content (AvgIpc) is 3.31. The third kappa shape index (κ3) is 2.68. The molecule has 9 heteroatoms. The summed E-state index contributed by atoms with van der Waals surface area (Å²) in [5.41, 5.74) is 8.46. The number of sulfone groups is 1. The number of aromatic nitrogens is 4. The van der Waals surface area contributed by atoms with E-state index in [1.54, 1.807) is 31.3 Å². The first kappa shape index (κ1) is 18.0.